The van der Waals surface area contributed by atoms with E-state index in [2.05, 4.69) is 24.1 Å². The highest BCUT2D eigenvalue weighted by atomic mass is 35.5. The van der Waals surface area contributed by atoms with E-state index in [9.17, 15) is 4.79 Å². The van der Waals surface area contributed by atoms with Gasteiger partial charge in [0, 0.05) is 12.2 Å². The number of amides is 1. The standard InChI is InChI=1S/C16H23ClN2OS/c1-11(2)15(21-14-9-8-12(17)10-18-14)16(20)19-13-6-4-3-5-7-13/h8-11,13,15H,3-7H2,1-2H3,(H,19,20). The monoisotopic (exact) mass is 326 g/mol. The lowest BCUT2D eigenvalue weighted by Gasteiger charge is -2.26. The molecule has 1 N–H and O–H groups in total. The third-order valence-corrected chi connectivity index (χ3v) is 5.48. The number of hydrogen-bond donors (Lipinski definition) is 1. The van der Waals surface area contributed by atoms with Crippen molar-refractivity contribution in [1.82, 2.24) is 10.3 Å². The molecule has 1 atom stereocenters. The minimum Gasteiger partial charge on any atom is -0.352 e. The van der Waals surface area contributed by atoms with Gasteiger partial charge in [-0.15, -0.1) is 0 Å². The predicted octanol–water partition coefficient (Wildman–Crippen LogP) is 4.30. The molecule has 21 heavy (non-hydrogen) atoms. The minimum absolute atomic E-state index is 0.111. The molecule has 0 bridgehead atoms. The molecular formula is C16H23ClN2OS. The molecule has 1 amide bonds. The van der Waals surface area contributed by atoms with Crippen molar-refractivity contribution in [2.24, 2.45) is 5.92 Å². The fraction of sp³-hybridized carbons (Fsp3) is 0.625. The van der Waals surface area contributed by atoms with Crippen LogP contribution in [-0.4, -0.2) is 22.2 Å². The van der Waals surface area contributed by atoms with E-state index < -0.39 is 0 Å². The molecule has 0 aromatic carbocycles. The van der Waals surface area contributed by atoms with Gasteiger partial charge in [0.25, 0.3) is 0 Å². The number of pyridine rings is 1. The van der Waals surface area contributed by atoms with Gasteiger partial charge in [-0.05, 0) is 30.9 Å². The van der Waals surface area contributed by atoms with Crippen LogP contribution in [0, 0.1) is 5.92 Å². The molecule has 1 fully saturated rings. The van der Waals surface area contributed by atoms with Crippen molar-refractivity contribution >= 4 is 29.3 Å². The lowest BCUT2D eigenvalue weighted by atomic mass is 9.95. The summed E-state index contributed by atoms with van der Waals surface area (Å²) in [7, 11) is 0. The van der Waals surface area contributed by atoms with Gasteiger partial charge in [0.2, 0.25) is 5.91 Å². The van der Waals surface area contributed by atoms with Gasteiger partial charge in [-0.3, -0.25) is 4.79 Å². The first-order valence-corrected chi connectivity index (χ1v) is 8.90. The molecule has 1 aliphatic carbocycles. The van der Waals surface area contributed by atoms with Crippen LogP contribution >= 0.6 is 23.4 Å². The number of aromatic nitrogens is 1. The second kappa shape index (κ2) is 8.04. The van der Waals surface area contributed by atoms with Crippen LogP contribution in [0.4, 0.5) is 0 Å². The number of halogens is 1. The highest BCUT2D eigenvalue weighted by Gasteiger charge is 2.26. The zero-order chi connectivity index (χ0) is 15.2. The molecule has 1 heterocycles. The summed E-state index contributed by atoms with van der Waals surface area (Å²) < 4.78 is 0. The van der Waals surface area contributed by atoms with Crippen molar-refractivity contribution in [3.63, 3.8) is 0 Å². The smallest absolute Gasteiger partial charge is 0.234 e. The van der Waals surface area contributed by atoms with E-state index in [1.807, 2.05) is 12.1 Å². The first-order valence-electron chi connectivity index (χ1n) is 7.65. The van der Waals surface area contributed by atoms with Crippen LogP contribution in [0.5, 0.6) is 0 Å². The number of nitrogens with zero attached hydrogens (tertiary/aromatic N) is 1. The Bertz CT molecular complexity index is 458. The van der Waals surface area contributed by atoms with Crippen LogP contribution in [0.2, 0.25) is 5.02 Å². The third kappa shape index (κ3) is 5.19. The maximum absolute atomic E-state index is 12.5. The van der Waals surface area contributed by atoms with E-state index in [1.54, 1.807) is 6.20 Å². The molecule has 0 spiro atoms. The van der Waals surface area contributed by atoms with E-state index in [0.29, 0.717) is 11.1 Å². The van der Waals surface area contributed by atoms with Gasteiger partial charge < -0.3 is 5.32 Å². The quantitative estimate of drug-likeness (QED) is 0.820. The summed E-state index contributed by atoms with van der Waals surface area (Å²) in [5.74, 6) is 0.398. The largest absolute Gasteiger partial charge is 0.352 e. The molecule has 0 saturated heterocycles. The van der Waals surface area contributed by atoms with Gasteiger partial charge in [-0.1, -0.05) is 56.5 Å². The van der Waals surface area contributed by atoms with Crippen LogP contribution in [0.3, 0.4) is 0 Å². The van der Waals surface area contributed by atoms with Crippen LogP contribution in [-0.2, 0) is 4.79 Å². The predicted molar refractivity (Wildman–Crippen MR) is 88.7 cm³/mol. The van der Waals surface area contributed by atoms with Crippen molar-refractivity contribution < 1.29 is 4.79 Å². The lowest BCUT2D eigenvalue weighted by molar-refractivity contribution is -0.122. The first-order chi connectivity index (χ1) is 10.1. The third-order valence-electron chi connectivity index (χ3n) is 3.76. The molecule has 2 rings (SSSR count). The lowest BCUT2D eigenvalue weighted by Crippen LogP contribution is -2.42. The molecule has 116 valence electrons. The first kappa shape index (κ1) is 16.6. The molecule has 1 aliphatic rings. The van der Waals surface area contributed by atoms with Crippen molar-refractivity contribution in [3.05, 3.63) is 23.4 Å². The Morgan fingerprint density at radius 3 is 2.62 bits per heavy atom. The molecule has 0 aliphatic heterocycles. The van der Waals surface area contributed by atoms with Gasteiger partial charge in [-0.2, -0.15) is 0 Å². The molecule has 5 heteroatoms. The van der Waals surface area contributed by atoms with Gasteiger partial charge in [-0.25, -0.2) is 4.98 Å². The molecule has 1 aromatic heterocycles. The van der Waals surface area contributed by atoms with E-state index in [4.69, 9.17) is 11.6 Å². The Morgan fingerprint density at radius 2 is 2.05 bits per heavy atom. The molecular weight excluding hydrogens is 304 g/mol. The van der Waals surface area contributed by atoms with Gasteiger partial charge >= 0.3 is 0 Å². The number of hydrogen-bond acceptors (Lipinski definition) is 3. The molecule has 1 aromatic rings. The number of rotatable bonds is 5. The maximum Gasteiger partial charge on any atom is 0.234 e. The van der Waals surface area contributed by atoms with E-state index in [0.717, 1.165) is 17.9 Å². The normalized spacial score (nSPS) is 17.7. The highest BCUT2D eigenvalue weighted by molar-refractivity contribution is 8.00. The van der Waals surface area contributed by atoms with E-state index in [-0.39, 0.29) is 17.1 Å². The summed E-state index contributed by atoms with van der Waals surface area (Å²) in [4.78, 5) is 16.8. The van der Waals surface area contributed by atoms with Crippen LogP contribution < -0.4 is 5.32 Å². The van der Waals surface area contributed by atoms with Gasteiger partial charge in [0.1, 0.15) is 0 Å². The summed E-state index contributed by atoms with van der Waals surface area (Å²) in [6, 6.07) is 4.04. The summed E-state index contributed by atoms with van der Waals surface area (Å²) >= 11 is 7.37. The number of nitrogens with one attached hydrogen (secondary N) is 1. The second-order valence-corrected chi connectivity index (χ2v) is 7.54. The fourth-order valence-electron chi connectivity index (χ4n) is 2.58. The number of carbonyl (C=O) groups excluding carboxylic acids is 1. The zero-order valence-electron chi connectivity index (χ0n) is 12.6. The Kier molecular flexibility index (Phi) is 6.37. The molecule has 1 saturated carbocycles. The number of thioether (sulfide) groups is 1. The minimum atomic E-state index is -0.111. The zero-order valence-corrected chi connectivity index (χ0v) is 14.2. The average Bonchev–Trinajstić information content (AvgIpc) is 2.47. The number of carbonyl (C=O) groups is 1. The van der Waals surface area contributed by atoms with Gasteiger partial charge in [0.05, 0.1) is 15.3 Å². The topological polar surface area (TPSA) is 42.0 Å². The highest BCUT2D eigenvalue weighted by Crippen LogP contribution is 2.28. The summed E-state index contributed by atoms with van der Waals surface area (Å²) in [6.07, 6.45) is 7.59. The van der Waals surface area contributed by atoms with Crippen molar-refractivity contribution in [2.75, 3.05) is 0 Å². The Morgan fingerprint density at radius 1 is 1.33 bits per heavy atom. The molecule has 1 unspecified atom stereocenters. The van der Waals surface area contributed by atoms with Crippen LogP contribution in [0.1, 0.15) is 46.0 Å². The van der Waals surface area contributed by atoms with Crippen molar-refractivity contribution in [3.8, 4) is 0 Å². The summed E-state index contributed by atoms with van der Waals surface area (Å²) in [5, 5.41) is 4.57. The SMILES string of the molecule is CC(C)C(Sc1ccc(Cl)cn1)C(=O)NC1CCCCC1. The Labute approximate surface area is 136 Å². The average molecular weight is 327 g/mol. The summed E-state index contributed by atoms with van der Waals surface area (Å²) in [5.41, 5.74) is 0. The van der Waals surface area contributed by atoms with E-state index >= 15 is 0 Å². The Hall–Kier alpha value is -0.740. The fourth-order valence-corrected chi connectivity index (χ4v) is 3.66. The molecule has 0 radical (unpaired) electrons. The summed E-state index contributed by atoms with van der Waals surface area (Å²) in [6.45, 7) is 4.15. The Balaban J connectivity index is 1.96. The van der Waals surface area contributed by atoms with Crippen LogP contribution in [0.15, 0.2) is 23.4 Å². The molecule has 3 nitrogen and oxygen atoms in total. The van der Waals surface area contributed by atoms with E-state index in [1.165, 1.54) is 31.0 Å². The van der Waals surface area contributed by atoms with Crippen molar-refractivity contribution in [2.45, 2.75) is 62.3 Å². The van der Waals surface area contributed by atoms with Gasteiger partial charge in [0.15, 0.2) is 0 Å². The van der Waals surface area contributed by atoms with Crippen molar-refractivity contribution in [1.29, 1.82) is 0 Å². The maximum atomic E-state index is 12.5. The van der Waals surface area contributed by atoms with Crippen LogP contribution in [0.25, 0.3) is 0 Å². The second-order valence-electron chi connectivity index (χ2n) is 5.94.